The molecule has 0 aliphatic carbocycles. The number of hydrogen-bond donors (Lipinski definition) is 1. The van der Waals surface area contributed by atoms with Crippen molar-refractivity contribution < 1.29 is 30.8 Å². The predicted molar refractivity (Wildman–Crippen MR) is 135 cm³/mol. The van der Waals surface area contributed by atoms with Gasteiger partial charge in [0, 0.05) is 6.26 Å². The number of benzene rings is 3. The van der Waals surface area contributed by atoms with Gasteiger partial charge in [0.15, 0.2) is 9.84 Å². The number of halogens is 1. The summed E-state index contributed by atoms with van der Waals surface area (Å²) >= 11 is 0. The summed E-state index contributed by atoms with van der Waals surface area (Å²) in [7, 11) is -7.55. The Labute approximate surface area is 210 Å². The topological polar surface area (TPSA) is 110 Å². The van der Waals surface area contributed by atoms with Crippen LogP contribution in [0, 0.1) is 5.82 Å². The molecule has 0 saturated carbocycles. The molecule has 0 heterocycles. The number of sulfone groups is 1. The average Bonchev–Trinajstić information content (AvgIpc) is 2.83. The zero-order valence-corrected chi connectivity index (χ0v) is 21.6. The van der Waals surface area contributed by atoms with E-state index in [1.807, 2.05) is 0 Å². The van der Waals surface area contributed by atoms with Gasteiger partial charge in [0.1, 0.15) is 18.1 Å². The molecule has 0 aliphatic rings. The zero-order chi connectivity index (χ0) is 26.5. The molecular weight excluding hydrogens is 507 g/mol. The number of nitrogens with one attached hydrogen (secondary N) is 1. The maximum atomic E-state index is 13.5. The second-order valence-corrected chi connectivity index (χ2v) is 11.9. The molecule has 0 fully saturated rings. The summed E-state index contributed by atoms with van der Waals surface area (Å²) in [5, 5.41) is 2.73. The number of carbonyl (C=O) groups is 1. The molecule has 0 unspecified atom stereocenters. The molecular formula is C25H27FN2O6S2. The molecule has 3 rings (SSSR count). The van der Waals surface area contributed by atoms with Gasteiger partial charge in [0.05, 0.1) is 28.1 Å². The molecule has 0 radical (unpaired) electrons. The molecule has 192 valence electrons. The highest BCUT2D eigenvalue weighted by atomic mass is 32.2. The van der Waals surface area contributed by atoms with E-state index in [1.54, 1.807) is 26.0 Å². The number of carbonyl (C=O) groups excluding carboxylic acids is 1. The second kappa shape index (κ2) is 11.1. The van der Waals surface area contributed by atoms with Crippen molar-refractivity contribution in [1.29, 1.82) is 0 Å². The van der Waals surface area contributed by atoms with E-state index in [0.29, 0.717) is 17.9 Å². The molecule has 8 nitrogen and oxygen atoms in total. The molecule has 0 saturated heterocycles. The molecule has 36 heavy (non-hydrogen) atoms. The van der Waals surface area contributed by atoms with Crippen molar-refractivity contribution in [1.82, 2.24) is 5.32 Å². The van der Waals surface area contributed by atoms with Gasteiger partial charge < -0.3 is 10.1 Å². The lowest BCUT2D eigenvalue weighted by molar-refractivity contribution is -0.120. The molecule has 0 spiro atoms. The van der Waals surface area contributed by atoms with Crippen LogP contribution in [0.2, 0.25) is 0 Å². The molecule has 1 amide bonds. The Bertz CT molecular complexity index is 1410. The fourth-order valence-corrected chi connectivity index (χ4v) is 5.48. The van der Waals surface area contributed by atoms with Crippen LogP contribution in [0.4, 0.5) is 10.1 Å². The van der Waals surface area contributed by atoms with Crippen LogP contribution in [-0.2, 0) is 24.7 Å². The highest BCUT2D eigenvalue weighted by Crippen LogP contribution is 2.26. The lowest BCUT2D eigenvalue weighted by atomic mass is 10.1. The van der Waals surface area contributed by atoms with Crippen LogP contribution in [0.1, 0.15) is 25.5 Å². The number of nitrogens with zero attached hydrogens (tertiary/aromatic N) is 1. The molecule has 1 atom stereocenters. The number of rotatable bonds is 10. The second-order valence-electron chi connectivity index (χ2n) is 8.02. The summed E-state index contributed by atoms with van der Waals surface area (Å²) in [6.45, 7) is 3.35. The van der Waals surface area contributed by atoms with Crippen molar-refractivity contribution in [2.24, 2.45) is 0 Å². The molecule has 11 heteroatoms. The van der Waals surface area contributed by atoms with Gasteiger partial charge in [-0.3, -0.25) is 9.10 Å². The minimum absolute atomic E-state index is 0.0625. The van der Waals surface area contributed by atoms with Gasteiger partial charge in [-0.15, -0.1) is 0 Å². The summed E-state index contributed by atoms with van der Waals surface area (Å²) in [6.07, 6.45) is 1.10. The highest BCUT2D eigenvalue weighted by Gasteiger charge is 2.28. The minimum atomic E-state index is -4.19. The van der Waals surface area contributed by atoms with Crippen LogP contribution in [0.3, 0.4) is 0 Å². The van der Waals surface area contributed by atoms with Crippen LogP contribution in [0.5, 0.6) is 5.75 Å². The Morgan fingerprint density at radius 3 is 2.00 bits per heavy atom. The zero-order valence-electron chi connectivity index (χ0n) is 20.0. The quantitative estimate of drug-likeness (QED) is 0.425. The summed E-state index contributed by atoms with van der Waals surface area (Å²) in [4.78, 5) is 13.0. The monoisotopic (exact) mass is 534 g/mol. The maximum Gasteiger partial charge on any atom is 0.264 e. The Morgan fingerprint density at radius 1 is 0.917 bits per heavy atom. The van der Waals surface area contributed by atoms with Crippen LogP contribution in [0.15, 0.2) is 82.6 Å². The Balaban J connectivity index is 1.85. The van der Waals surface area contributed by atoms with Gasteiger partial charge in [-0.25, -0.2) is 21.2 Å². The minimum Gasteiger partial charge on any atom is -0.494 e. The fourth-order valence-electron chi connectivity index (χ4n) is 3.43. The van der Waals surface area contributed by atoms with Gasteiger partial charge in [0.25, 0.3) is 10.0 Å². The lowest BCUT2D eigenvalue weighted by Crippen LogP contribution is -2.41. The van der Waals surface area contributed by atoms with Crippen molar-refractivity contribution in [2.45, 2.75) is 29.7 Å². The number of hydrogen-bond acceptors (Lipinski definition) is 6. The van der Waals surface area contributed by atoms with E-state index in [0.717, 1.165) is 22.7 Å². The van der Waals surface area contributed by atoms with E-state index in [4.69, 9.17) is 4.74 Å². The van der Waals surface area contributed by atoms with Crippen molar-refractivity contribution in [3.63, 3.8) is 0 Å². The first-order chi connectivity index (χ1) is 16.9. The van der Waals surface area contributed by atoms with Crippen molar-refractivity contribution in [3.8, 4) is 5.75 Å². The van der Waals surface area contributed by atoms with Gasteiger partial charge in [-0.1, -0.05) is 12.1 Å². The van der Waals surface area contributed by atoms with Crippen molar-refractivity contribution in [2.75, 3.05) is 23.7 Å². The number of sulfonamides is 1. The van der Waals surface area contributed by atoms with Gasteiger partial charge in [-0.2, -0.15) is 0 Å². The third-order valence-corrected chi connectivity index (χ3v) is 8.23. The Kier molecular flexibility index (Phi) is 8.36. The van der Waals surface area contributed by atoms with E-state index in [9.17, 15) is 26.0 Å². The van der Waals surface area contributed by atoms with Crippen molar-refractivity contribution in [3.05, 3.63) is 84.2 Å². The highest BCUT2D eigenvalue weighted by molar-refractivity contribution is 7.93. The molecule has 1 N–H and O–H groups in total. The number of ether oxygens (including phenoxy) is 1. The van der Waals surface area contributed by atoms with E-state index >= 15 is 0 Å². The third kappa shape index (κ3) is 6.61. The lowest BCUT2D eigenvalue weighted by Gasteiger charge is -2.25. The first-order valence-corrected chi connectivity index (χ1v) is 14.4. The van der Waals surface area contributed by atoms with Gasteiger partial charge >= 0.3 is 0 Å². The first-order valence-electron chi connectivity index (χ1n) is 11.0. The summed E-state index contributed by atoms with van der Waals surface area (Å²) < 4.78 is 70.0. The number of anilines is 1. The molecule has 0 aliphatic heterocycles. The molecule has 3 aromatic carbocycles. The maximum absolute atomic E-state index is 13.5. The van der Waals surface area contributed by atoms with Crippen molar-refractivity contribution >= 4 is 31.5 Å². The van der Waals surface area contributed by atoms with Crippen LogP contribution in [-0.4, -0.2) is 42.2 Å². The SMILES string of the molecule is CCOc1ccc(S(=O)(=O)N(CC(=O)N[C@H](C)c2ccc(S(C)(=O)=O)cc2)c2ccc(F)cc2)cc1. The van der Waals surface area contributed by atoms with E-state index in [2.05, 4.69) is 5.32 Å². The first kappa shape index (κ1) is 27.2. The summed E-state index contributed by atoms with van der Waals surface area (Å²) in [6, 6.07) is 16.1. The average molecular weight is 535 g/mol. The largest absolute Gasteiger partial charge is 0.494 e. The third-order valence-electron chi connectivity index (χ3n) is 5.31. The van der Waals surface area contributed by atoms with Crippen LogP contribution >= 0.6 is 0 Å². The smallest absolute Gasteiger partial charge is 0.264 e. The molecule has 0 bridgehead atoms. The summed E-state index contributed by atoms with van der Waals surface area (Å²) in [5.41, 5.74) is 0.754. The number of amides is 1. The van der Waals surface area contributed by atoms with E-state index in [-0.39, 0.29) is 15.5 Å². The fraction of sp³-hybridized carbons (Fsp3) is 0.240. The Morgan fingerprint density at radius 2 is 1.47 bits per heavy atom. The summed E-state index contributed by atoms with van der Waals surface area (Å²) in [5.74, 6) is -0.653. The normalized spacial score (nSPS) is 12.6. The van der Waals surface area contributed by atoms with Gasteiger partial charge in [0.2, 0.25) is 5.91 Å². The molecule has 3 aromatic rings. The Hall–Kier alpha value is -3.44. The molecule has 0 aromatic heterocycles. The van der Waals surface area contributed by atoms with E-state index < -0.39 is 44.2 Å². The van der Waals surface area contributed by atoms with Gasteiger partial charge in [-0.05, 0) is 80.1 Å². The van der Waals surface area contributed by atoms with Crippen LogP contribution in [0.25, 0.3) is 0 Å². The standard InChI is InChI=1S/C25H27FN2O6S2/c1-4-34-22-11-15-24(16-12-22)36(32,33)28(21-9-7-20(26)8-10-21)17-25(29)27-18(2)19-5-13-23(14-6-19)35(3,30)31/h5-16,18H,4,17H2,1-3H3,(H,27,29)/t18-/m1/s1. The van der Waals surface area contributed by atoms with E-state index in [1.165, 1.54) is 48.5 Å². The van der Waals surface area contributed by atoms with Crippen LogP contribution < -0.4 is 14.4 Å². The predicted octanol–water partition coefficient (Wildman–Crippen LogP) is 3.70.